The molecule has 1 aromatic heterocycles. The van der Waals surface area contributed by atoms with Gasteiger partial charge in [0.2, 0.25) is 5.91 Å². The molecule has 124 valence electrons. The second kappa shape index (κ2) is 6.11. The Hall–Kier alpha value is -2.62. The lowest BCUT2D eigenvalue weighted by Crippen LogP contribution is -2.41. The summed E-state index contributed by atoms with van der Waals surface area (Å²) in [6.45, 7) is 5.67. The SMILES string of the molecule is CC(NC(=O)C(C)(C)c1c[nH]c2ccc(F)cc12)c1ccccc1. The van der Waals surface area contributed by atoms with E-state index in [0.717, 1.165) is 22.0 Å². The Morgan fingerprint density at radius 1 is 1.17 bits per heavy atom. The summed E-state index contributed by atoms with van der Waals surface area (Å²) in [5, 5.41) is 3.80. The Bertz CT molecular complexity index is 868. The summed E-state index contributed by atoms with van der Waals surface area (Å²) in [4.78, 5) is 16.0. The molecule has 2 N–H and O–H groups in total. The van der Waals surface area contributed by atoms with E-state index in [-0.39, 0.29) is 17.8 Å². The first-order valence-electron chi connectivity index (χ1n) is 8.02. The van der Waals surface area contributed by atoms with Crippen molar-refractivity contribution in [3.63, 3.8) is 0 Å². The van der Waals surface area contributed by atoms with Crippen molar-refractivity contribution >= 4 is 16.8 Å². The van der Waals surface area contributed by atoms with Crippen LogP contribution in [0.4, 0.5) is 4.39 Å². The predicted molar refractivity (Wildman–Crippen MR) is 94.3 cm³/mol. The summed E-state index contributed by atoms with van der Waals surface area (Å²) in [6.07, 6.45) is 1.79. The second-order valence-electron chi connectivity index (χ2n) is 6.62. The molecule has 0 fully saturated rings. The lowest BCUT2D eigenvalue weighted by molar-refractivity contribution is -0.126. The quantitative estimate of drug-likeness (QED) is 0.731. The Labute approximate surface area is 140 Å². The van der Waals surface area contributed by atoms with Gasteiger partial charge in [0.05, 0.1) is 11.5 Å². The fourth-order valence-corrected chi connectivity index (χ4v) is 2.93. The molecule has 0 radical (unpaired) electrons. The van der Waals surface area contributed by atoms with Crippen molar-refractivity contribution in [3.8, 4) is 0 Å². The number of hydrogen-bond acceptors (Lipinski definition) is 1. The molecule has 0 saturated carbocycles. The molecule has 2 aromatic carbocycles. The predicted octanol–water partition coefficient (Wildman–Crippen LogP) is 4.46. The molecule has 1 unspecified atom stereocenters. The minimum atomic E-state index is -0.783. The molecule has 1 heterocycles. The molecule has 0 bridgehead atoms. The van der Waals surface area contributed by atoms with Crippen LogP contribution in [0.25, 0.3) is 10.9 Å². The maximum Gasteiger partial charge on any atom is 0.230 e. The van der Waals surface area contributed by atoms with E-state index in [9.17, 15) is 9.18 Å². The number of aromatic nitrogens is 1. The Balaban J connectivity index is 1.88. The van der Waals surface area contributed by atoms with Crippen molar-refractivity contribution in [2.75, 3.05) is 0 Å². The summed E-state index contributed by atoms with van der Waals surface area (Å²) < 4.78 is 13.6. The lowest BCUT2D eigenvalue weighted by atomic mass is 9.83. The summed E-state index contributed by atoms with van der Waals surface area (Å²) in [5.41, 5.74) is 1.87. The fraction of sp³-hybridized carbons (Fsp3) is 0.250. The molecular weight excluding hydrogens is 303 g/mol. The van der Waals surface area contributed by atoms with Gasteiger partial charge in [-0.05, 0) is 50.1 Å². The minimum Gasteiger partial charge on any atom is -0.361 e. The smallest absolute Gasteiger partial charge is 0.230 e. The molecule has 0 aliphatic rings. The monoisotopic (exact) mass is 324 g/mol. The first kappa shape index (κ1) is 16.2. The van der Waals surface area contributed by atoms with Gasteiger partial charge in [0, 0.05) is 17.1 Å². The summed E-state index contributed by atoms with van der Waals surface area (Å²) >= 11 is 0. The Kier molecular flexibility index (Phi) is 4.14. The molecule has 0 spiro atoms. The number of halogens is 1. The van der Waals surface area contributed by atoms with Crippen LogP contribution in [-0.2, 0) is 10.2 Å². The third-order valence-corrected chi connectivity index (χ3v) is 4.53. The van der Waals surface area contributed by atoms with E-state index in [4.69, 9.17) is 0 Å². The molecule has 4 heteroatoms. The number of hydrogen-bond donors (Lipinski definition) is 2. The van der Waals surface area contributed by atoms with Gasteiger partial charge in [0.1, 0.15) is 5.82 Å². The van der Waals surface area contributed by atoms with Gasteiger partial charge in [-0.1, -0.05) is 30.3 Å². The molecular formula is C20H21FN2O. The molecule has 3 aromatic rings. The van der Waals surface area contributed by atoms with Gasteiger partial charge < -0.3 is 10.3 Å². The number of H-pyrrole nitrogens is 1. The van der Waals surface area contributed by atoms with Gasteiger partial charge in [0.15, 0.2) is 0 Å². The topological polar surface area (TPSA) is 44.9 Å². The van der Waals surface area contributed by atoms with E-state index in [0.29, 0.717) is 0 Å². The van der Waals surface area contributed by atoms with Crippen molar-refractivity contribution < 1.29 is 9.18 Å². The number of rotatable bonds is 4. The van der Waals surface area contributed by atoms with Gasteiger partial charge in [-0.25, -0.2) is 4.39 Å². The standard InChI is InChI=1S/C20H21FN2O/c1-13(14-7-5-4-6-8-14)23-19(24)20(2,3)17-12-22-18-10-9-15(21)11-16(17)18/h4-13,22H,1-3H3,(H,23,24). The van der Waals surface area contributed by atoms with Crippen LogP contribution in [0.3, 0.4) is 0 Å². The van der Waals surface area contributed by atoms with Crippen molar-refractivity contribution in [1.29, 1.82) is 0 Å². The van der Waals surface area contributed by atoms with Crippen LogP contribution in [0.2, 0.25) is 0 Å². The zero-order valence-electron chi connectivity index (χ0n) is 14.1. The Morgan fingerprint density at radius 3 is 2.58 bits per heavy atom. The highest BCUT2D eigenvalue weighted by Gasteiger charge is 2.33. The van der Waals surface area contributed by atoms with Crippen LogP contribution in [0.5, 0.6) is 0 Å². The molecule has 0 aliphatic carbocycles. The second-order valence-corrected chi connectivity index (χ2v) is 6.62. The third-order valence-electron chi connectivity index (χ3n) is 4.53. The number of benzene rings is 2. The van der Waals surface area contributed by atoms with Crippen LogP contribution in [0.1, 0.15) is 37.9 Å². The summed E-state index contributed by atoms with van der Waals surface area (Å²) in [6, 6.07) is 14.3. The minimum absolute atomic E-state index is 0.0935. The highest BCUT2D eigenvalue weighted by Crippen LogP contribution is 2.31. The van der Waals surface area contributed by atoms with Crippen LogP contribution in [0.15, 0.2) is 54.7 Å². The number of aromatic amines is 1. The summed E-state index contributed by atoms with van der Waals surface area (Å²) in [5.74, 6) is -0.402. The average molecular weight is 324 g/mol. The first-order valence-corrected chi connectivity index (χ1v) is 8.02. The molecule has 0 aliphatic heterocycles. The summed E-state index contributed by atoms with van der Waals surface area (Å²) in [7, 11) is 0. The molecule has 1 atom stereocenters. The third kappa shape index (κ3) is 2.92. The van der Waals surface area contributed by atoms with E-state index in [2.05, 4.69) is 10.3 Å². The number of carbonyl (C=O) groups excluding carboxylic acids is 1. The highest BCUT2D eigenvalue weighted by molar-refractivity contribution is 5.94. The fourth-order valence-electron chi connectivity index (χ4n) is 2.93. The van der Waals surface area contributed by atoms with Crippen molar-refractivity contribution in [2.24, 2.45) is 0 Å². The van der Waals surface area contributed by atoms with E-state index < -0.39 is 5.41 Å². The van der Waals surface area contributed by atoms with Crippen LogP contribution in [-0.4, -0.2) is 10.9 Å². The highest BCUT2D eigenvalue weighted by atomic mass is 19.1. The number of carbonyl (C=O) groups is 1. The molecule has 1 amide bonds. The van der Waals surface area contributed by atoms with Crippen molar-refractivity contribution in [1.82, 2.24) is 10.3 Å². The van der Waals surface area contributed by atoms with Gasteiger partial charge in [-0.2, -0.15) is 0 Å². The zero-order valence-corrected chi connectivity index (χ0v) is 14.1. The maximum absolute atomic E-state index is 13.6. The van der Waals surface area contributed by atoms with Gasteiger partial charge >= 0.3 is 0 Å². The van der Waals surface area contributed by atoms with Gasteiger partial charge in [-0.15, -0.1) is 0 Å². The van der Waals surface area contributed by atoms with Crippen molar-refractivity contribution in [2.45, 2.75) is 32.2 Å². The first-order chi connectivity index (χ1) is 11.4. The average Bonchev–Trinajstić information content (AvgIpc) is 2.99. The largest absolute Gasteiger partial charge is 0.361 e. The molecule has 24 heavy (non-hydrogen) atoms. The van der Waals surface area contributed by atoms with Crippen LogP contribution in [0, 0.1) is 5.82 Å². The molecule has 0 saturated heterocycles. The number of amides is 1. The van der Waals surface area contributed by atoms with E-state index in [1.54, 1.807) is 12.3 Å². The van der Waals surface area contributed by atoms with Crippen LogP contribution < -0.4 is 5.32 Å². The molecule has 3 rings (SSSR count). The van der Waals surface area contributed by atoms with Crippen molar-refractivity contribution in [3.05, 3.63) is 71.7 Å². The van der Waals surface area contributed by atoms with Crippen LogP contribution >= 0.6 is 0 Å². The van der Waals surface area contributed by atoms with Gasteiger partial charge in [0.25, 0.3) is 0 Å². The maximum atomic E-state index is 13.6. The number of nitrogens with one attached hydrogen (secondary N) is 2. The zero-order chi connectivity index (χ0) is 17.3. The Morgan fingerprint density at radius 2 is 1.88 bits per heavy atom. The normalized spacial score (nSPS) is 13.0. The van der Waals surface area contributed by atoms with Gasteiger partial charge in [-0.3, -0.25) is 4.79 Å². The lowest BCUT2D eigenvalue weighted by Gasteiger charge is -2.26. The number of fused-ring (bicyclic) bond motifs is 1. The van der Waals surface area contributed by atoms with E-state index in [1.807, 2.05) is 51.1 Å². The van der Waals surface area contributed by atoms with E-state index >= 15 is 0 Å². The molecule has 3 nitrogen and oxygen atoms in total. The van der Waals surface area contributed by atoms with E-state index in [1.165, 1.54) is 12.1 Å².